The minimum absolute atomic E-state index is 0.00648. The van der Waals surface area contributed by atoms with Crippen molar-refractivity contribution in [3.63, 3.8) is 0 Å². The maximum absolute atomic E-state index is 11.1. The highest BCUT2D eigenvalue weighted by Crippen LogP contribution is 2.31. The third kappa shape index (κ3) is 2.68. The predicted octanol–water partition coefficient (Wildman–Crippen LogP) is 0.872. The minimum Gasteiger partial charge on any atom is -0.481 e. The molecule has 1 heterocycles. The summed E-state index contributed by atoms with van der Waals surface area (Å²) in [6, 6.07) is 5.36. The number of anilines is 1. The van der Waals surface area contributed by atoms with Crippen molar-refractivity contribution in [2.75, 3.05) is 17.8 Å². The number of hydrogen-bond donors (Lipinski definition) is 2. The summed E-state index contributed by atoms with van der Waals surface area (Å²) in [5.41, 5.74) is 1.43. The first-order valence-corrected chi connectivity index (χ1v) is 5.61. The summed E-state index contributed by atoms with van der Waals surface area (Å²) in [5.74, 6) is 0.0950. The smallest absolute Gasteiger partial charge is 0.262 e. The van der Waals surface area contributed by atoms with Crippen LogP contribution in [0.4, 0.5) is 5.69 Å². The number of alkyl halides is 1. The molecule has 0 unspecified atom stereocenters. The molecule has 1 aliphatic heterocycles. The largest absolute Gasteiger partial charge is 0.481 e. The molecular weight excluding hydrogens is 244 g/mol. The number of nitrogens with one attached hydrogen (secondary N) is 2. The number of carbonyl (C=O) groups is 2. The van der Waals surface area contributed by atoms with E-state index in [0.717, 1.165) is 5.56 Å². The summed E-state index contributed by atoms with van der Waals surface area (Å²) in [6.45, 7) is 0.318. The van der Waals surface area contributed by atoms with E-state index in [1.807, 2.05) is 6.07 Å². The van der Waals surface area contributed by atoms with Gasteiger partial charge in [-0.2, -0.15) is 0 Å². The van der Waals surface area contributed by atoms with Gasteiger partial charge in [0, 0.05) is 12.1 Å². The van der Waals surface area contributed by atoms with Gasteiger partial charge >= 0.3 is 0 Å². The van der Waals surface area contributed by atoms with E-state index in [1.165, 1.54) is 0 Å². The molecule has 0 aliphatic carbocycles. The van der Waals surface area contributed by atoms with Crippen molar-refractivity contribution in [1.82, 2.24) is 5.32 Å². The molecule has 0 fully saturated rings. The molecule has 6 heteroatoms. The van der Waals surface area contributed by atoms with Gasteiger partial charge in [-0.05, 0) is 6.07 Å². The average molecular weight is 255 g/mol. The molecule has 1 aromatic rings. The van der Waals surface area contributed by atoms with Gasteiger partial charge in [0.2, 0.25) is 5.91 Å². The summed E-state index contributed by atoms with van der Waals surface area (Å²) in [6.07, 6.45) is 0. The number of fused-ring (bicyclic) bond motifs is 1. The Morgan fingerprint density at radius 2 is 2.35 bits per heavy atom. The first-order valence-electron chi connectivity index (χ1n) is 5.08. The monoisotopic (exact) mass is 254 g/mol. The van der Waals surface area contributed by atoms with Crippen LogP contribution >= 0.6 is 11.6 Å². The second-order valence-corrected chi connectivity index (χ2v) is 3.81. The van der Waals surface area contributed by atoms with Crippen molar-refractivity contribution in [2.24, 2.45) is 0 Å². The number of ether oxygens (including phenoxy) is 1. The number of amides is 2. The summed E-state index contributed by atoms with van der Waals surface area (Å²) in [7, 11) is 0. The highest BCUT2D eigenvalue weighted by Gasteiger charge is 2.18. The van der Waals surface area contributed by atoms with Gasteiger partial charge in [-0.1, -0.05) is 12.1 Å². The highest BCUT2D eigenvalue weighted by atomic mass is 35.5. The van der Waals surface area contributed by atoms with Crippen LogP contribution in [0, 0.1) is 0 Å². The Labute approximate surface area is 103 Å². The Morgan fingerprint density at radius 1 is 1.53 bits per heavy atom. The van der Waals surface area contributed by atoms with E-state index < -0.39 is 0 Å². The molecular formula is C11H11ClN2O3. The standard InChI is InChI=1S/C11H11ClN2O3/c12-4-9(15)13-5-7-2-1-3-8-11(7)17-6-10(16)14-8/h1-3H,4-6H2,(H,13,15)(H,14,16). The zero-order valence-electron chi connectivity index (χ0n) is 8.96. The van der Waals surface area contributed by atoms with Crippen molar-refractivity contribution in [3.8, 4) is 5.75 Å². The predicted molar refractivity (Wildman–Crippen MR) is 63.1 cm³/mol. The SMILES string of the molecule is O=C(CCl)NCc1cccc2c1OCC(=O)N2. The van der Waals surface area contributed by atoms with Crippen LogP contribution in [0.3, 0.4) is 0 Å². The maximum atomic E-state index is 11.1. The fourth-order valence-electron chi connectivity index (χ4n) is 1.56. The number of hydrogen-bond acceptors (Lipinski definition) is 3. The molecule has 0 radical (unpaired) electrons. The Kier molecular flexibility index (Phi) is 3.49. The maximum Gasteiger partial charge on any atom is 0.262 e. The molecule has 0 saturated carbocycles. The first-order chi connectivity index (χ1) is 8.20. The average Bonchev–Trinajstić information content (AvgIpc) is 2.35. The zero-order valence-corrected chi connectivity index (χ0v) is 9.71. The number of carbonyl (C=O) groups excluding carboxylic acids is 2. The van der Waals surface area contributed by atoms with Crippen molar-refractivity contribution in [1.29, 1.82) is 0 Å². The lowest BCUT2D eigenvalue weighted by atomic mass is 10.1. The molecule has 1 aromatic carbocycles. The van der Waals surface area contributed by atoms with Gasteiger partial charge in [-0.15, -0.1) is 11.6 Å². The molecule has 0 bridgehead atoms. The number of rotatable bonds is 3. The van der Waals surface area contributed by atoms with Gasteiger partial charge in [0.25, 0.3) is 5.91 Å². The molecule has 17 heavy (non-hydrogen) atoms. The molecule has 2 rings (SSSR count). The van der Waals surface area contributed by atoms with Crippen molar-refractivity contribution >= 4 is 29.1 Å². The summed E-state index contributed by atoms with van der Waals surface area (Å²) in [5, 5.41) is 5.35. The van der Waals surface area contributed by atoms with Gasteiger partial charge < -0.3 is 15.4 Å². The summed E-state index contributed by atoms with van der Waals surface area (Å²) in [4.78, 5) is 22.2. The van der Waals surface area contributed by atoms with Gasteiger partial charge in [-0.3, -0.25) is 9.59 Å². The Bertz CT molecular complexity index is 462. The van der Waals surface area contributed by atoms with Crippen molar-refractivity contribution < 1.29 is 14.3 Å². The van der Waals surface area contributed by atoms with Gasteiger partial charge in [0.05, 0.1) is 5.69 Å². The molecule has 0 aromatic heterocycles. The third-order valence-corrected chi connectivity index (χ3v) is 2.56. The first kappa shape index (κ1) is 11.7. The fourth-order valence-corrected chi connectivity index (χ4v) is 1.65. The van der Waals surface area contributed by atoms with E-state index in [0.29, 0.717) is 18.0 Å². The van der Waals surface area contributed by atoms with Crippen LogP contribution in [0.25, 0.3) is 0 Å². The molecule has 2 N–H and O–H groups in total. The van der Waals surface area contributed by atoms with E-state index >= 15 is 0 Å². The van der Waals surface area contributed by atoms with E-state index in [2.05, 4.69) is 10.6 Å². The normalized spacial score (nSPS) is 13.4. The molecule has 1 aliphatic rings. The summed E-state index contributed by atoms with van der Waals surface area (Å²) >= 11 is 5.38. The Balaban J connectivity index is 2.15. The van der Waals surface area contributed by atoms with Crippen LogP contribution in [0.15, 0.2) is 18.2 Å². The summed E-state index contributed by atoms with van der Waals surface area (Å²) < 4.78 is 5.34. The van der Waals surface area contributed by atoms with Crippen molar-refractivity contribution in [3.05, 3.63) is 23.8 Å². The van der Waals surface area contributed by atoms with Crippen LogP contribution in [-0.4, -0.2) is 24.3 Å². The van der Waals surface area contributed by atoms with E-state index in [-0.39, 0.29) is 24.3 Å². The van der Waals surface area contributed by atoms with E-state index in [4.69, 9.17) is 16.3 Å². The number of para-hydroxylation sites is 1. The van der Waals surface area contributed by atoms with E-state index in [1.54, 1.807) is 12.1 Å². The lowest BCUT2D eigenvalue weighted by Gasteiger charge is -2.20. The molecule has 0 atom stereocenters. The molecule has 0 saturated heterocycles. The lowest BCUT2D eigenvalue weighted by Crippen LogP contribution is -2.28. The topological polar surface area (TPSA) is 67.4 Å². The van der Waals surface area contributed by atoms with Crippen LogP contribution in [0.5, 0.6) is 5.75 Å². The van der Waals surface area contributed by atoms with Crippen LogP contribution in [-0.2, 0) is 16.1 Å². The molecule has 2 amide bonds. The quantitative estimate of drug-likeness (QED) is 0.787. The third-order valence-electron chi connectivity index (χ3n) is 2.32. The van der Waals surface area contributed by atoms with Gasteiger partial charge in [-0.25, -0.2) is 0 Å². The second-order valence-electron chi connectivity index (χ2n) is 3.54. The number of halogens is 1. The molecule has 5 nitrogen and oxygen atoms in total. The van der Waals surface area contributed by atoms with Crippen molar-refractivity contribution in [2.45, 2.75) is 6.54 Å². The van der Waals surface area contributed by atoms with Crippen LogP contribution in [0.2, 0.25) is 0 Å². The highest BCUT2D eigenvalue weighted by molar-refractivity contribution is 6.27. The minimum atomic E-state index is -0.246. The zero-order chi connectivity index (χ0) is 12.3. The van der Waals surface area contributed by atoms with Gasteiger partial charge in [0.15, 0.2) is 6.61 Å². The second kappa shape index (κ2) is 5.05. The van der Waals surface area contributed by atoms with Gasteiger partial charge in [0.1, 0.15) is 11.6 Å². The number of benzene rings is 1. The molecule has 90 valence electrons. The Morgan fingerprint density at radius 3 is 3.12 bits per heavy atom. The fraction of sp³-hybridized carbons (Fsp3) is 0.273. The van der Waals surface area contributed by atoms with Crippen LogP contribution < -0.4 is 15.4 Å². The Hall–Kier alpha value is -1.75. The lowest BCUT2D eigenvalue weighted by molar-refractivity contribution is -0.119. The van der Waals surface area contributed by atoms with E-state index in [9.17, 15) is 9.59 Å². The molecule has 0 spiro atoms. The van der Waals surface area contributed by atoms with Crippen LogP contribution in [0.1, 0.15) is 5.56 Å².